The summed E-state index contributed by atoms with van der Waals surface area (Å²) in [6.07, 6.45) is 3.90. The van der Waals surface area contributed by atoms with E-state index in [1.807, 2.05) is 0 Å². The fraction of sp³-hybridized carbons (Fsp3) is 0.300. The summed E-state index contributed by atoms with van der Waals surface area (Å²) in [5.41, 5.74) is 0.544. The van der Waals surface area contributed by atoms with Crippen molar-refractivity contribution in [3.63, 3.8) is 0 Å². The lowest BCUT2D eigenvalue weighted by Crippen LogP contribution is -1.99. The molecule has 0 aliphatic heterocycles. The van der Waals surface area contributed by atoms with Crippen molar-refractivity contribution in [2.24, 2.45) is 0 Å². The molecule has 17 heavy (non-hydrogen) atoms. The molecule has 3 rings (SSSR count). The number of rotatable bonds is 3. The highest BCUT2D eigenvalue weighted by molar-refractivity contribution is 7.99. The minimum absolute atomic E-state index is 0.418. The second kappa shape index (κ2) is 4.14. The molecule has 0 atom stereocenters. The van der Waals surface area contributed by atoms with Gasteiger partial charge in [-0.1, -0.05) is 0 Å². The molecule has 0 N–H and O–H groups in total. The summed E-state index contributed by atoms with van der Waals surface area (Å²) in [7, 11) is 0. The zero-order valence-corrected chi connectivity index (χ0v) is 9.63. The Morgan fingerprint density at radius 2 is 2.35 bits per heavy atom. The zero-order valence-electron chi connectivity index (χ0n) is 8.82. The molecule has 0 aromatic carbocycles. The molecular weight excluding hydrogens is 236 g/mol. The molecule has 2 aromatic heterocycles. The molecule has 0 bridgehead atoms. The van der Waals surface area contributed by atoms with Gasteiger partial charge in [-0.3, -0.25) is 0 Å². The molecule has 1 saturated carbocycles. The van der Waals surface area contributed by atoms with Gasteiger partial charge in [-0.2, -0.15) is 5.26 Å². The molecule has 6 nitrogen and oxygen atoms in total. The first kappa shape index (κ1) is 10.2. The number of hydrogen-bond acceptors (Lipinski definition) is 6. The number of pyridine rings is 1. The van der Waals surface area contributed by atoms with Gasteiger partial charge in [-0.15, -0.1) is 5.10 Å². The van der Waals surface area contributed by atoms with Crippen LogP contribution in [0.4, 0.5) is 0 Å². The third-order valence-corrected chi connectivity index (χ3v) is 3.40. The predicted molar refractivity (Wildman–Crippen MR) is 59.2 cm³/mol. The van der Waals surface area contributed by atoms with Crippen LogP contribution in [0, 0.1) is 11.3 Å². The minimum Gasteiger partial charge on any atom is -0.248 e. The van der Waals surface area contributed by atoms with E-state index in [9.17, 15) is 0 Å². The Labute approximate surface area is 102 Å². The molecule has 2 heterocycles. The van der Waals surface area contributed by atoms with Crippen LogP contribution in [0.1, 0.15) is 24.4 Å². The Hall–Kier alpha value is -1.94. The Morgan fingerprint density at radius 1 is 1.47 bits per heavy atom. The maximum atomic E-state index is 8.98. The van der Waals surface area contributed by atoms with Crippen LogP contribution in [-0.4, -0.2) is 25.2 Å². The van der Waals surface area contributed by atoms with E-state index in [0.29, 0.717) is 21.8 Å². The van der Waals surface area contributed by atoms with Gasteiger partial charge in [-0.25, -0.2) is 9.67 Å². The SMILES string of the molecule is N#Cc1cccnc1Sc1nnnn1C1CC1. The fourth-order valence-corrected chi connectivity index (χ4v) is 2.31. The van der Waals surface area contributed by atoms with E-state index in [2.05, 4.69) is 26.6 Å². The highest BCUT2D eigenvalue weighted by Crippen LogP contribution is 2.37. The van der Waals surface area contributed by atoms with Gasteiger partial charge in [0.15, 0.2) is 0 Å². The van der Waals surface area contributed by atoms with E-state index < -0.39 is 0 Å². The molecule has 0 amide bonds. The van der Waals surface area contributed by atoms with Crippen molar-refractivity contribution in [1.29, 1.82) is 5.26 Å². The summed E-state index contributed by atoms with van der Waals surface area (Å²) < 4.78 is 1.81. The maximum absolute atomic E-state index is 8.98. The molecule has 84 valence electrons. The third-order valence-electron chi connectivity index (χ3n) is 2.43. The molecule has 0 unspecified atom stereocenters. The predicted octanol–water partition coefficient (Wildman–Crippen LogP) is 1.43. The molecule has 0 saturated heterocycles. The second-order valence-corrected chi connectivity index (χ2v) is 4.66. The average molecular weight is 244 g/mol. The van der Waals surface area contributed by atoms with Crippen molar-refractivity contribution in [3.05, 3.63) is 23.9 Å². The van der Waals surface area contributed by atoms with Gasteiger partial charge in [0, 0.05) is 6.20 Å². The Bertz CT molecular complexity index is 582. The normalized spacial score (nSPS) is 14.5. The van der Waals surface area contributed by atoms with Gasteiger partial charge in [-0.05, 0) is 47.2 Å². The van der Waals surface area contributed by atoms with Gasteiger partial charge in [0.05, 0.1) is 11.6 Å². The Morgan fingerprint density at radius 3 is 3.12 bits per heavy atom. The first-order valence-corrected chi connectivity index (χ1v) is 6.01. The van der Waals surface area contributed by atoms with Crippen molar-refractivity contribution in [3.8, 4) is 6.07 Å². The molecule has 2 aromatic rings. The van der Waals surface area contributed by atoms with Gasteiger partial charge < -0.3 is 0 Å². The topological polar surface area (TPSA) is 80.3 Å². The standard InChI is InChI=1S/C10H8N6S/c11-6-7-2-1-5-12-9(7)17-10-13-14-15-16(10)8-3-4-8/h1-2,5,8H,3-4H2. The zero-order chi connectivity index (χ0) is 11.7. The van der Waals surface area contributed by atoms with Gasteiger partial charge in [0.1, 0.15) is 11.1 Å². The van der Waals surface area contributed by atoms with E-state index in [0.717, 1.165) is 12.8 Å². The Balaban J connectivity index is 1.91. The third kappa shape index (κ3) is 1.99. The number of nitriles is 1. The van der Waals surface area contributed by atoms with E-state index in [-0.39, 0.29) is 0 Å². The van der Waals surface area contributed by atoms with Gasteiger partial charge in [0.25, 0.3) is 0 Å². The van der Waals surface area contributed by atoms with Crippen LogP contribution >= 0.6 is 11.8 Å². The smallest absolute Gasteiger partial charge is 0.215 e. The van der Waals surface area contributed by atoms with Gasteiger partial charge >= 0.3 is 0 Å². The Kier molecular flexibility index (Phi) is 2.49. The van der Waals surface area contributed by atoms with Crippen molar-refractivity contribution in [2.45, 2.75) is 29.1 Å². The maximum Gasteiger partial charge on any atom is 0.215 e. The van der Waals surface area contributed by atoms with E-state index in [1.54, 1.807) is 23.0 Å². The quantitative estimate of drug-likeness (QED) is 0.812. The number of nitrogens with zero attached hydrogens (tertiary/aromatic N) is 6. The van der Waals surface area contributed by atoms with Crippen molar-refractivity contribution >= 4 is 11.8 Å². The fourth-order valence-electron chi connectivity index (χ4n) is 1.44. The highest BCUT2D eigenvalue weighted by atomic mass is 32.2. The lowest BCUT2D eigenvalue weighted by Gasteiger charge is -2.02. The monoisotopic (exact) mass is 244 g/mol. The van der Waals surface area contributed by atoms with E-state index in [4.69, 9.17) is 5.26 Å². The summed E-state index contributed by atoms with van der Waals surface area (Å²) >= 11 is 1.33. The minimum atomic E-state index is 0.418. The summed E-state index contributed by atoms with van der Waals surface area (Å²) in [5, 5.41) is 21.9. The first-order valence-electron chi connectivity index (χ1n) is 5.19. The lowest BCUT2D eigenvalue weighted by atomic mass is 10.3. The van der Waals surface area contributed by atoms with Crippen LogP contribution in [0.3, 0.4) is 0 Å². The summed E-state index contributed by atoms with van der Waals surface area (Å²) in [6.45, 7) is 0. The van der Waals surface area contributed by atoms with Crippen molar-refractivity contribution in [1.82, 2.24) is 25.2 Å². The average Bonchev–Trinajstić information content (AvgIpc) is 3.11. The molecule has 1 aliphatic rings. The van der Waals surface area contributed by atoms with Crippen LogP contribution in [0.15, 0.2) is 28.5 Å². The van der Waals surface area contributed by atoms with Crippen LogP contribution in [0.25, 0.3) is 0 Å². The van der Waals surface area contributed by atoms with Crippen molar-refractivity contribution < 1.29 is 0 Å². The van der Waals surface area contributed by atoms with Crippen molar-refractivity contribution in [2.75, 3.05) is 0 Å². The number of aromatic nitrogens is 5. The molecule has 0 radical (unpaired) electrons. The molecular formula is C10H8N6S. The van der Waals surface area contributed by atoms with E-state index >= 15 is 0 Å². The van der Waals surface area contributed by atoms with Crippen LogP contribution < -0.4 is 0 Å². The number of hydrogen-bond donors (Lipinski definition) is 0. The molecule has 0 spiro atoms. The van der Waals surface area contributed by atoms with E-state index in [1.165, 1.54) is 11.8 Å². The summed E-state index contributed by atoms with van der Waals surface area (Å²) in [4.78, 5) is 4.18. The lowest BCUT2D eigenvalue weighted by molar-refractivity contribution is 0.565. The first-order chi connectivity index (χ1) is 8.38. The van der Waals surface area contributed by atoms with Crippen LogP contribution in [-0.2, 0) is 0 Å². The molecule has 1 aliphatic carbocycles. The van der Waals surface area contributed by atoms with Crippen LogP contribution in [0.2, 0.25) is 0 Å². The highest BCUT2D eigenvalue weighted by Gasteiger charge is 2.28. The van der Waals surface area contributed by atoms with Gasteiger partial charge in [0.2, 0.25) is 5.16 Å². The second-order valence-electron chi connectivity index (χ2n) is 3.71. The molecule has 7 heteroatoms. The summed E-state index contributed by atoms with van der Waals surface area (Å²) in [5.74, 6) is 0. The summed E-state index contributed by atoms with van der Waals surface area (Å²) in [6, 6.07) is 6.01. The number of tetrazole rings is 1. The molecule has 1 fully saturated rings. The van der Waals surface area contributed by atoms with Crippen LogP contribution in [0.5, 0.6) is 0 Å². The largest absolute Gasteiger partial charge is 0.248 e.